The van der Waals surface area contributed by atoms with Crippen molar-refractivity contribution in [3.63, 3.8) is 0 Å². The molecule has 0 amide bonds. The Kier molecular flexibility index (Phi) is 3.45. The molecule has 1 aromatic carbocycles. The fourth-order valence-electron chi connectivity index (χ4n) is 1.29. The second-order valence-corrected chi connectivity index (χ2v) is 3.39. The van der Waals surface area contributed by atoms with Crippen LogP contribution in [0.25, 0.3) is 0 Å². The predicted octanol–water partition coefficient (Wildman–Crippen LogP) is 2.98. The molecule has 0 saturated heterocycles. The van der Waals surface area contributed by atoms with Crippen LogP contribution in [-0.4, -0.2) is 18.3 Å². The van der Waals surface area contributed by atoms with Crippen LogP contribution < -0.4 is 4.74 Å². The van der Waals surface area contributed by atoms with Gasteiger partial charge in [0.05, 0.1) is 25.2 Å². The third kappa shape index (κ3) is 3.11. The highest BCUT2D eigenvalue weighted by atomic mass is 19.1. The van der Waals surface area contributed by atoms with Crippen molar-refractivity contribution in [3.05, 3.63) is 54.1 Å². The summed E-state index contributed by atoms with van der Waals surface area (Å²) in [6.07, 6.45) is 4.88. The maximum absolute atomic E-state index is 12.7. The van der Waals surface area contributed by atoms with Crippen molar-refractivity contribution in [1.82, 2.24) is 4.98 Å². The van der Waals surface area contributed by atoms with E-state index in [-0.39, 0.29) is 5.82 Å². The van der Waals surface area contributed by atoms with Gasteiger partial charge in [-0.05, 0) is 17.7 Å². The number of aromatic nitrogens is 1. The monoisotopic (exact) mass is 230 g/mol. The van der Waals surface area contributed by atoms with Crippen molar-refractivity contribution in [2.24, 2.45) is 4.99 Å². The molecule has 0 unspecified atom stereocenters. The normalized spacial score (nSPS) is 10.7. The smallest absolute Gasteiger partial charge is 0.139 e. The van der Waals surface area contributed by atoms with Crippen LogP contribution in [0.4, 0.5) is 10.1 Å². The first-order valence-electron chi connectivity index (χ1n) is 5.06. The molecule has 1 heterocycles. The largest absolute Gasteiger partial charge is 0.495 e. The first-order chi connectivity index (χ1) is 8.28. The number of rotatable bonds is 3. The Morgan fingerprint density at radius 2 is 2.00 bits per heavy atom. The highest BCUT2D eigenvalue weighted by Gasteiger charge is 1.94. The number of pyridine rings is 1. The lowest BCUT2D eigenvalue weighted by Gasteiger charge is -1.99. The Labute approximate surface area is 98.6 Å². The molecule has 0 aliphatic carbocycles. The van der Waals surface area contributed by atoms with E-state index in [1.807, 2.05) is 0 Å². The SMILES string of the molecule is COc1cncc(/N=C/c2ccc(F)cc2)c1. The van der Waals surface area contributed by atoms with E-state index in [4.69, 9.17) is 4.74 Å². The topological polar surface area (TPSA) is 34.5 Å². The molecule has 4 heteroatoms. The van der Waals surface area contributed by atoms with Crippen molar-refractivity contribution in [2.75, 3.05) is 7.11 Å². The van der Waals surface area contributed by atoms with Crippen molar-refractivity contribution in [1.29, 1.82) is 0 Å². The number of benzene rings is 1. The second-order valence-electron chi connectivity index (χ2n) is 3.39. The molecule has 3 nitrogen and oxygen atoms in total. The van der Waals surface area contributed by atoms with Gasteiger partial charge in [-0.15, -0.1) is 0 Å². The van der Waals surface area contributed by atoms with Crippen molar-refractivity contribution >= 4 is 11.9 Å². The van der Waals surface area contributed by atoms with Crippen LogP contribution >= 0.6 is 0 Å². The van der Waals surface area contributed by atoms with Gasteiger partial charge in [-0.2, -0.15) is 0 Å². The average Bonchev–Trinajstić information content (AvgIpc) is 2.38. The molecule has 2 rings (SSSR count). The number of nitrogens with zero attached hydrogens (tertiary/aromatic N) is 2. The maximum Gasteiger partial charge on any atom is 0.139 e. The van der Waals surface area contributed by atoms with Gasteiger partial charge in [-0.1, -0.05) is 12.1 Å². The van der Waals surface area contributed by atoms with Gasteiger partial charge in [0.1, 0.15) is 11.6 Å². The lowest BCUT2D eigenvalue weighted by molar-refractivity contribution is 0.413. The minimum atomic E-state index is -0.259. The average molecular weight is 230 g/mol. The summed E-state index contributed by atoms with van der Waals surface area (Å²) in [6, 6.07) is 7.88. The van der Waals surface area contributed by atoms with Gasteiger partial charge in [0.25, 0.3) is 0 Å². The molecule has 2 aromatic rings. The van der Waals surface area contributed by atoms with Crippen molar-refractivity contribution in [3.8, 4) is 5.75 Å². The minimum absolute atomic E-state index is 0.259. The molecule has 0 spiro atoms. The van der Waals surface area contributed by atoms with E-state index in [0.717, 1.165) is 5.56 Å². The third-order valence-corrected chi connectivity index (χ3v) is 2.17. The predicted molar refractivity (Wildman–Crippen MR) is 64.4 cm³/mol. The van der Waals surface area contributed by atoms with Crippen molar-refractivity contribution < 1.29 is 9.13 Å². The molecule has 0 aliphatic heterocycles. The van der Waals surface area contributed by atoms with Crippen LogP contribution in [0.1, 0.15) is 5.56 Å². The lowest BCUT2D eigenvalue weighted by Crippen LogP contribution is -1.84. The van der Waals surface area contributed by atoms with Crippen LogP contribution in [0.15, 0.2) is 47.7 Å². The Balaban J connectivity index is 2.16. The Morgan fingerprint density at radius 1 is 1.24 bits per heavy atom. The Hall–Kier alpha value is -2.23. The highest BCUT2D eigenvalue weighted by molar-refractivity contribution is 5.81. The summed E-state index contributed by atoms with van der Waals surface area (Å²) in [5, 5.41) is 0. The molecule has 0 N–H and O–H groups in total. The number of halogens is 1. The van der Waals surface area contributed by atoms with E-state index >= 15 is 0 Å². The van der Waals surface area contributed by atoms with Gasteiger partial charge >= 0.3 is 0 Å². The van der Waals surface area contributed by atoms with Crippen LogP contribution in [0, 0.1) is 5.82 Å². The first kappa shape index (κ1) is 11.3. The number of hydrogen-bond donors (Lipinski definition) is 0. The molecule has 0 radical (unpaired) electrons. The van der Waals surface area contributed by atoms with E-state index in [9.17, 15) is 4.39 Å². The van der Waals surface area contributed by atoms with Gasteiger partial charge in [0.2, 0.25) is 0 Å². The maximum atomic E-state index is 12.7. The number of aliphatic imine (C=N–C) groups is 1. The molecule has 0 saturated carbocycles. The molecular formula is C13H11FN2O. The summed E-state index contributed by atoms with van der Waals surface area (Å²) in [5.74, 6) is 0.393. The zero-order chi connectivity index (χ0) is 12.1. The Bertz CT molecular complexity index is 523. The number of methoxy groups -OCH3 is 1. The molecular weight excluding hydrogens is 219 g/mol. The Morgan fingerprint density at radius 3 is 2.71 bits per heavy atom. The van der Waals surface area contributed by atoms with Gasteiger partial charge in [-0.3, -0.25) is 9.98 Å². The molecule has 0 fully saturated rings. The van der Waals surface area contributed by atoms with Crippen LogP contribution in [0.2, 0.25) is 0 Å². The van der Waals surface area contributed by atoms with Gasteiger partial charge in [0.15, 0.2) is 0 Å². The summed E-state index contributed by atoms with van der Waals surface area (Å²) in [6.45, 7) is 0. The molecule has 17 heavy (non-hydrogen) atoms. The summed E-state index contributed by atoms with van der Waals surface area (Å²) >= 11 is 0. The number of hydrogen-bond acceptors (Lipinski definition) is 3. The second kappa shape index (κ2) is 5.21. The molecule has 86 valence electrons. The van der Waals surface area contributed by atoms with E-state index in [2.05, 4.69) is 9.98 Å². The fraction of sp³-hybridized carbons (Fsp3) is 0.0769. The standard InChI is InChI=1S/C13H11FN2O/c1-17-13-6-12(8-15-9-13)16-7-10-2-4-11(14)5-3-10/h2-9H,1H3/b16-7+. The molecule has 0 aliphatic rings. The van der Waals surface area contributed by atoms with E-state index in [1.54, 1.807) is 43.9 Å². The van der Waals surface area contributed by atoms with Gasteiger partial charge in [0, 0.05) is 12.3 Å². The van der Waals surface area contributed by atoms with Gasteiger partial charge < -0.3 is 4.74 Å². The molecule has 0 atom stereocenters. The molecule has 0 bridgehead atoms. The minimum Gasteiger partial charge on any atom is -0.495 e. The first-order valence-corrected chi connectivity index (χ1v) is 5.06. The van der Waals surface area contributed by atoms with Gasteiger partial charge in [-0.25, -0.2) is 4.39 Å². The lowest BCUT2D eigenvalue weighted by atomic mass is 10.2. The van der Waals surface area contributed by atoms with E-state index in [0.29, 0.717) is 11.4 Å². The van der Waals surface area contributed by atoms with E-state index in [1.165, 1.54) is 12.1 Å². The van der Waals surface area contributed by atoms with Crippen molar-refractivity contribution in [2.45, 2.75) is 0 Å². The fourth-order valence-corrected chi connectivity index (χ4v) is 1.29. The highest BCUT2D eigenvalue weighted by Crippen LogP contribution is 2.17. The van der Waals surface area contributed by atoms with Crippen LogP contribution in [0.5, 0.6) is 5.75 Å². The van der Waals surface area contributed by atoms with E-state index < -0.39 is 0 Å². The summed E-state index contributed by atoms with van der Waals surface area (Å²) in [7, 11) is 1.57. The van der Waals surface area contributed by atoms with Crippen LogP contribution in [-0.2, 0) is 0 Å². The zero-order valence-corrected chi connectivity index (χ0v) is 9.30. The summed E-state index contributed by atoms with van der Waals surface area (Å²) < 4.78 is 17.7. The molecule has 1 aromatic heterocycles. The number of ether oxygens (including phenoxy) is 1. The third-order valence-electron chi connectivity index (χ3n) is 2.17. The zero-order valence-electron chi connectivity index (χ0n) is 9.30. The summed E-state index contributed by atoms with van der Waals surface area (Å²) in [4.78, 5) is 8.21. The van der Waals surface area contributed by atoms with Crippen LogP contribution in [0.3, 0.4) is 0 Å². The quantitative estimate of drug-likeness (QED) is 0.760. The summed E-state index contributed by atoms with van der Waals surface area (Å²) in [5.41, 5.74) is 1.52.